The van der Waals surface area contributed by atoms with E-state index in [0.717, 1.165) is 35.8 Å². The van der Waals surface area contributed by atoms with Crippen molar-refractivity contribution in [2.75, 3.05) is 23.3 Å². The molecule has 2 atom stereocenters. The van der Waals surface area contributed by atoms with E-state index in [9.17, 15) is 4.79 Å². The second kappa shape index (κ2) is 7.09. The zero-order valence-electron chi connectivity index (χ0n) is 14.2. The summed E-state index contributed by atoms with van der Waals surface area (Å²) in [6.45, 7) is 2.26. The quantitative estimate of drug-likeness (QED) is 0.831. The molecule has 1 heterocycles. The van der Waals surface area contributed by atoms with Gasteiger partial charge in [0.1, 0.15) is 0 Å². The maximum Gasteiger partial charge on any atom is 0.228 e. The molecule has 0 bridgehead atoms. The van der Waals surface area contributed by atoms with Crippen LogP contribution in [0.3, 0.4) is 0 Å². The van der Waals surface area contributed by atoms with E-state index in [1.807, 2.05) is 36.4 Å². The maximum absolute atomic E-state index is 12.5. The molecule has 1 saturated heterocycles. The first kappa shape index (κ1) is 16.5. The van der Waals surface area contributed by atoms with Gasteiger partial charge in [-0.2, -0.15) is 0 Å². The third kappa shape index (κ3) is 3.67. The highest BCUT2D eigenvalue weighted by Crippen LogP contribution is 2.50. The third-order valence-electron chi connectivity index (χ3n) is 5.29. The summed E-state index contributed by atoms with van der Waals surface area (Å²) in [5.74, 6) is 0.374. The summed E-state index contributed by atoms with van der Waals surface area (Å²) >= 11 is 6.24. The van der Waals surface area contributed by atoms with Gasteiger partial charge in [-0.25, -0.2) is 0 Å². The van der Waals surface area contributed by atoms with Gasteiger partial charge in [0, 0.05) is 35.4 Å². The number of halogens is 1. The number of nitrogens with one attached hydrogen (secondary N) is 1. The van der Waals surface area contributed by atoms with E-state index in [1.54, 1.807) is 0 Å². The van der Waals surface area contributed by atoms with Gasteiger partial charge in [0.15, 0.2) is 0 Å². The molecule has 2 aromatic rings. The molecule has 2 fully saturated rings. The van der Waals surface area contributed by atoms with E-state index in [0.29, 0.717) is 0 Å². The summed E-state index contributed by atoms with van der Waals surface area (Å²) in [4.78, 5) is 14.9. The summed E-state index contributed by atoms with van der Waals surface area (Å²) in [6, 6.07) is 16.1. The second-order valence-corrected chi connectivity index (χ2v) is 7.46. The summed E-state index contributed by atoms with van der Waals surface area (Å²) in [7, 11) is 0. The molecular formula is C21H23ClN2O. The van der Waals surface area contributed by atoms with Crippen LogP contribution in [0.25, 0.3) is 0 Å². The molecule has 1 aliphatic heterocycles. The van der Waals surface area contributed by atoms with Crippen LogP contribution in [0.4, 0.5) is 11.4 Å². The van der Waals surface area contributed by atoms with Crippen LogP contribution >= 0.6 is 11.6 Å². The number of benzene rings is 2. The molecule has 25 heavy (non-hydrogen) atoms. The number of hydrogen-bond acceptors (Lipinski definition) is 2. The van der Waals surface area contributed by atoms with Gasteiger partial charge < -0.3 is 10.2 Å². The molecule has 1 amide bonds. The van der Waals surface area contributed by atoms with Crippen molar-refractivity contribution < 1.29 is 4.79 Å². The summed E-state index contributed by atoms with van der Waals surface area (Å²) in [5.41, 5.74) is 3.21. The van der Waals surface area contributed by atoms with Crippen LogP contribution in [0.2, 0.25) is 5.02 Å². The Labute approximate surface area is 154 Å². The van der Waals surface area contributed by atoms with E-state index in [-0.39, 0.29) is 17.7 Å². The Balaban J connectivity index is 1.36. The first-order chi connectivity index (χ1) is 12.2. The standard InChI is InChI=1S/C21H23ClN2O/c22-20-7-3-2-6-17(20)18-14-19(18)21(25)23-15-8-10-16(11-9-15)24-12-4-1-5-13-24/h2-3,6-11,18-19H,1,4-5,12-14H2,(H,23,25). The summed E-state index contributed by atoms with van der Waals surface area (Å²) in [6.07, 6.45) is 4.74. The van der Waals surface area contributed by atoms with Crippen LogP contribution in [0, 0.1) is 5.92 Å². The Hall–Kier alpha value is -2.00. The van der Waals surface area contributed by atoms with Crippen molar-refractivity contribution in [1.82, 2.24) is 0 Å². The van der Waals surface area contributed by atoms with Gasteiger partial charge in [-0.15, -0.1) is 0 Å². The van der Waals surface area contributed by atoms with E-state index in [2.05, 4.69) is 22.3 Å². The minimum Gasteiger partial charge on any atom is -0.372 e. The summed E-state index contributed by atoms with van der Waals surface area (Å²) in [5, 5.41) is 3.81. The number of hydrogen-bond donors (Lipinski definition) is 1. The molecule has 2 aliphatic rings. The van der Waals surface area contributed by atoms with Gasteiger partial charge in [-0.05, 0) is 67.5 Å². The van der Waals surface area contributed by atoms with Crippen molar-refractivity contribution in [2.45, 2.75) is 31.6 Å². The summed E-state index contributed by atoms with van der Waals surface area (Å²) < 4.78 is 0. The number of carbonyl (C=O) groups is 1. The molecule has 1 aliphatic carbocycles. The molecule has 1 saturated carbocycles. The Bertz CT molecular complexity index is 753. The highest BCUT2D eigenvalue weighted by atomic mass is 35.5. The van der Waals surface area contributed by atoms with Crippen molar-refractivity contribution in [3.63, 3.8) is 0 Å². The number of anilines is 2. The lowest BCUT2D eigenvalue weighted by Gasteiger charge is -2.28. The van der Waals surface area contributed by atoms with Gasteiger partial charge in [0.05, 0.1) is 0 Å². The minimum atomic E-state index is 0.0293. The maximum atomic E-state index is 12.5. The SMILES string of the molecule is O=C(Nc1ccc(N2CCCCC2)cc1)C1CC1c1ccccc1Cl. The first-order valence-corrected chi connectivity index (χ1v) is 9.50. The number of carbonyl (C=O) groups excluding carboxylic acids is 1. The predicted molar refractivity (Wildman–Crippen MR) is 103 cm³/mol. The zero-order chi connectivity index (χ0) is 17.2. The monoisotopic (exact) mass is 354 g/mol. The molecule has 4 rings (SSSR count). The number of amides is 1. The van der Waals surface area contributed by atoms with Crippen LogP contribution in [-0.2, 0) is 4.79 Å². The molecule has 0 radical (unpaired) electrons. The Morgan fingerprint density at radius 1 is 1.00 bits per heavy atom. The van der Waals surface area contributed by atoms with Crippen molar-refractivity contribution in [3.8, 4) is 0 Å². The lowest BCUT2D eigenvalue weighted by atomic mass is 10.1. The molecule has 0 aromatic heterocycles. The number of nitrogens with zero attached hydrogens (tertiary/aromatic N) is 1. The zero-order valence-corrected chi connectivity index (χ0v) is 15.0. The fourth-order valence-electron chi connectivity index (χ4n) is 3.75. The van der Waals surface area contributed by atoms with Crippen molar-refractivity contribution in [2.24, 2.45) is 5.92 Å². The average Bonchev–Trinajstić information content (AvgIpc) is 3.44. The van der Waals surface area contributed by atoms with Crippen molar-refractivity contribution >= 4 is 28.9 Å². The van der Waals surface area contributed by atoms with Crippen molar-refractivity contribution in [1.29, 1.82) is 0 Å². The van der Waals surface area contributed by atoms with Gasteiger partial charge >= 0.3 is 0 Å². The fourth-order valence-corrected chi connectivity index (χ4v) is 4.02. The Morgan fingerprint density at radius 3 is 2.44 bits per heavy atom. The van der Waals surface area contributed by atoms with Crippen LogP contribution in [0.5, 0.6) is 0 Å². The Morgan fingerprint density at radius 2 is 1.72 bits per heavy atom. The first-order valence-electron chi connectivity index (χ1n) is 9.13. The van der Waals surface area contributed by atoms with Crippen LogP contribution in [0.15, 0.2) is 48.5 Å². The molecule has 2 aromatic carbocycles. The predicted octanol–water partition coefficient (Wildman–Crippen LogP) is 5.07. The Kier molecular flexibility index (Phi) is 4.67. The van der Waals surface area contributed by atoms with Crippen molar-refractivity contribution in [3.05, 3.63) is 59.1 Å². The van der Waals surface area contributed by atoms with Crippen LogP contribution in [0.1, 0.15) is 37.2 Å². The number of piperidine rings is 1. The van der Waals surface area contributed by atoms with E-state index >= 15 is 0 Å². The van der Waals surface area contributed by atoms with Gasteiger partial charge in [0.2, 0.25) is 5.91 Å². The molecule has 4 heteroatoms. The average molecular weight is 355 g/mol. The van der Waals surface area contributed by atoms with Gasteiger partial charge in [-0.3, -0.25) is 4.79 Å². The fraction of sp³-hybridized carbons (Fsp3) is 0.381. The van der Waals surface area contributed by atoms with E-state index in [4.69, 9.17) is 11.6 Å². The molecule has 0 spiro atoms. The second-order valence-electron chi connectivity index (χ2n) is 7.05. The van der Waals surface area contributed by atoms with E-state index in [1.165, 1.54) is 24.9 Å². The highest BCUT2D eigenvalue weighted by Gasteiger charge is 2.44. The minimum absolute atomic E-state index is 0.0293. The lowest BCUT2D eigenvalue weighted by Crippen LogP contribution is -2.29. The van der Waals surface area contributed by atoms with Crippen LogP contribution in [-0.4, -0.2) is 19.0 Å². The smallest absolute Gasteiger partial charge is 0.228 e. The van der Waals surface area contributed by atoms with E-state index < -0.39 is 0 Å². The topological polar surface area (TPSA) is 32.3 Å². The molecule has 130 valence electrons. The largest absolute Gasteiger partial charge is 0.372 e. The normalized spacial score (nSPS) is 22.5. The third-order valence-corrected chi connectivity index (χ3v) is 5.63. The molecular weight excluding hydrogens is 332 g/mol. The molecule has 3 nitrogen and oxygen atoms in total. The van der Waals surface area contributed by atoms with Gasteiger partial charge in [0.25, 0.3) is 0 Å². The lowest BCUT2D eigenvalue weighted by molar-refractivity contribution is -0.117. The molecule has 1 N–H and O–H groups in total. The van der Waals surface area contributed by atoms with Gasteiger partial charge in [-0.1, -0.05) is 29.8 Å². The molecule has 2 unspecified atom stereocenters. The number of rotatable bonds is 4. The highest BCUT2D eigenvalue weighted by molar-refractivity contribution is 6.31. The van der Waals surface area contributed by atoms with Crippen LogP contribution < -0.4 is 10.2 Å².